The molecule has 1 heterocycles. The fourth-order valence-electron chi connectivity index (χ4n) is 2.30. The molecule has 0 fully saturated rings. The van der Waals surface area contributed by atoms with Crippen molar-refractivity contribution >= 4 is 33.9 Å². The van der Waals surface area contributed by atoms with Crippen LogP contribution in [-0.2, 0) is 15.0 Å². The number of aliphatic imine (C=N–C) groups is 1. The molecular formula is C17H23N5O4S. The van der Waals surface area contributed by atoms with E-state index >= 15 is 0 Å². The van der Waals surface area contributed by atoms with Crippen molar-refractivity contribution in [2.45, 2.75) is 26.3 Å². The number of benzene rings is 1. The van der Waals surface area contributed by atoms with Gasteiger partial charge in [0.05, 0.1) is 16.8 Å². The number of anilines is 1. The largest absolute Gasteiger partial charge is 0.490 e. The lowest BCUT2D eigenvalue weighted by molar-refractivity contribution is -0.119. The monoisotopic (exact) mass is 393 g/mol. The van der Waals surface area contributed by atoms with Crippen molar-refractivity contribution in [2.75, 3.05) is 18.4 Å². The Labute approximate surface area is 158 Å². The normalized spacial score (nSPS) is 16.3. The van der Waals surface area contributed by atoms with Crippen molar-refractivity contribution < 1.29 is 17.9 Å². The zero-order chi connectivity index (χ0) is 20.2. The molecule has 0 spiro atoms. The topological polar surface area (TPSA) is 135 Å². The minimum Gasteiger partial charge on any atom is -0.490 e. The molecule has 1 aromatic carbocycles. The van der Waals surface area contributed by atoms with E-state index < -0.39 is 15.7 Å². The molecule has 0 atom stereocenters. The van der Waals surface area contributed by atoms with Crippen molar-refractivity contribution in [3.63, 3.8) is 0 Å². The highest BCUT2D eigenvalue weighted by Crippen LogP contribution is 2.30. The maximum Gasteiger partial charge on any atom is 0.344 e. The zero-order valence-corrected chi connectivity index (χ0v) is 16.4. The Kier molecular flexibility index (Phi) is 5.89. The van der Waals surface area contributed by atoms with Gasteiger partial charge >= 0.3 is 10.2 Å². The molecule has 4 N–H and O–H groups in total. The van der Waals surface area contributed by atoms with Gasteiger partial charge in [-0.1, -0.05) is 6.07 Å². The van der Waals surface area contributed by atoms with Crippen molar-refractivity contribution in [1.29, 1.82) is 0 Å². The van der Waals surface area contributed by atoms with Gasteiger partial charge in [-0.2, -0.15) is 8.42 Å². The quantitative estimate of drug-likeness (QED) is 0.489. The third-order valence-electron chi connectivity index (χ3n) is 3.61. The SMILES string of the molecule is C/N=C\C=C(/C)C(=O)NC(C)(C)COc1cccc2c1C(N)=NS(=O)(=O)N2. The first-order chi connectivity index (χ1) is 12.5. The first kappa shape index (κ1) is 20.4. The summed E-state index contributed by atoms with van der Waals surface area (Å²) in [6, 6.07) is 4.86. The molecule has 0 saturated carbocycles. The van der Waals surface area contributed by atoms with E-state index in [-0.39, 0.29) is 18.3 Å². The second-order valence-corrected chi connectivity index (χ2v) is 7.95. The van der Waals surface area contributed by atoms with Crippen molar-refractivity contribution in [3.8, 4) is 5.75 Å². The summed E-state index contributed by atoms with van der Waals surface area (Å²) in [6.07, 6.45) is 3.15. The Morgan fingerprint density at radius 3 is 2.81 bits per heavy atom. The van der Waals surface area contributed by atoms with Crippen LogP contribution in [0.25, 0.3) is 0 Å². The first-order valence-corrected chi connectivity index (χ1v) is 9.54. The van der Waals surface area contributed by atoms with E-state index in [1.807, 2.05) is 13.8 Å². The minimum atomic E-state index is -3.86. The number of ether oxygens (including phenoxy) is 1. The van der Waals surface area contributed by atoms with Gasteiger partial charge in [-0.15, -0.1) is 4.40 Å². The molecule has 0 aliphatic carbocycles. The summed E-state index contributed by atoms with van der Waals surface area (Å²) in [4.78, 5) is 16.0. The van der Waals surface area contributed by atoms with E-state index in [2.05, 4.69) is 19.4 Å². The van der Waals surface area contributed by atoms with Crippen LogP contribution in [0.5, 0.6) is 5.75 Å². The number of fused-ring (bicyclic) bond motifs is 1. The maximum atomic E-state index is 12.2. The average Bonchev–Trinajstić information content (AvgIpc) is 2.56. The summed E-state index contributed by atoms with van der Waals surface area (Å²) in [5.74, 6) is -0.0323. The fraction of sp³-hybridized carbons (Fsp3) is 0.353. The van der Waals surface area contributed by atoms with Crippen LogP contribution in [0.1, 0.15) is 26.3 Å². The second-order valence-electron chi connectivity index (χ2n) is 6.62. The van der Waals surface area contributed by atoms with Crippen LogP contribution in [0.15, 0.2) is 39.2 Å². The van der Waals surface area contributed by atoms with E-state index in [1.165, 1.54) is 6.21 Å². The molecule has 27 heavy (non-hydrogen) atoms. The van der Waals surface area contributed by atoms with Crippen molar-refractivity contribution in [1.82, 2.24) is 5.32 Å². The molecule has 10 heteroatoms. The van der Waals surface area contributed by atoms with Crippen LogP contribution in [0.2, 0.25) is 0 Å². The number of nitrogens with two attached hydrogens (primary N) is 1. The molecule has 0 aromatic heterocycles. The van der Waals surface area contributed by atoms with Crippen LogP contribution in [0, 0.1) is 0 Å². The summed E-state index contributed by atoms with van der Waals surface area (Å²) in [5.41, 5.74) is 6.26. The van der Waals surface area contributed by atoms with E-state index in [9.17, 15) is 13.2 Å². The van der Waals surface area contributed by atoms with Gasteiger partial charge in [0.2, 0.25) is 5.91 Å². The fourth-order valence-corrected chi connectivity index (χ4v) is 3.14. The van der Waals surface area contributed by atoms with Crippen molar-refractivity contribution in [3.05, 3.63) is 35.4 Å². The number of carbonyl (C=O) groups is 1. The standard InChI is InChI=1S/C17H23N5O4S/c1-11(8-9-19-4)16(23)20-17(2,3)10-26-13-7-5-6-12-14(13)15(18)22-27(24,25)21-12/h5-9,21H,10H2,1-4H3,(H2,18,22)(H,20,23)/b11-8+,19-9-. The van der Waals surface area contributed by atoms with Crippen LogP contribution in [0.3, 0.4) is 0 Å². The van der Waals surface area contributed by atoms with Gasteiger partial charge < -0.3 is 15.8 Å². The molecule has 0 unspecified atom stereocenters. The molecule has 0 radical (unpaired) electrons. The highest BCUT2D eigenvalue weighted by Gasteiger charge is 2.27. The summed E-state index contributed by atoms with van der Waals surface area (Å²) in [6.45, 7) is 5.43. The van der Waals surface area contributed by atoms with Gasteiger partial charge in [-0.3, -0.25) is 14.5 Å². The Bertz CT molecular complexity index is 933. The smallest absolute Gasteiger partial charge is 0.344 e. The molecule has 1 amide bonds. The van der Waals surface area contributed by atoms with Gasteiger partial charge in [-0.25, -0.2) is 0 Å². The molecule has 2 rings (SSSR count). The number of nitrogens with one attached hydrogen (secondary N) is 2. The van der Waals surface area contributed by atoms with Crippen LogP contribution in [0.4, 0.5) is 5.69 Å². The Hall–Kier alpha value is -2.88. The Morgan fingerprint density at radius 2 is 2.15 bits per heavy atom. The van der Waals surface area contributed by atoms with E-state index in [4.69, 9.17) is 10.5 Å². The molecular weight excluding hydrogens is 370 g/mol. The number of allylic oxidation sites excluding steroid dienone is 1. The third-order valence-corrected chi connectivity index (χ3v) is 4.53. The first-order valence-electron chi connectivity index (χ1n) is 8.10. The lowest BCUT2D eigenvalue weighted by atomic mass is 10.1. The second kappa shape index (κ2) is 7.78. The number of hydrogen-bond acceptors (Lipinski definition) is 6. The zero-order valence-electron chi connectivity index (χ0n) is 15.6. The number of amidine groups is 1. The highest BCUT2D eigenvalue weighted by molar-refractivity contribution is 7.91. The Balaban J connectivity index is 2.14. The predicted molar refractivity (Wildman–Crippen MR) is 106 cm³/mol. The highest BCUT2D eigenvalue weighted by atomic mass is 32.2. The third kappa shape index (κ3) is 5.30. The van der Waals surface area contributed by atoms with Crippen LogP contribution in [-0.4, -0.2) is 45.6 Å². The van der Waals surface area contributed by atoms with Gasteiger partial charge in [0.15, 0.2) is 5.84 Å². The minimum absolute atomic E-state index is 0.129. The van der Waals surface area contributed by atoms with Crippen LogP contribution >= 0.6 is 0 Å². The summed E-state index contributed by atoms with van der Waals surface area (Å²) >= 11 is 0. The molecule has 9 nitrogen and oxygen atoms in total. The van der Waals surface area contributed by atoms with E-state index in [0.717, 1.165) is 0 Å². The number of rotatable bonds is 6. The van der Waals surface area contributed by atoms with Gasteiger partial charge in [-0.05, 0) is 39.0 Å². The van der Waals surface area contributed by atoms with Crippen LogP contribution < -0.4 is 20.5 Å². The lowest BCUT2D eigenvalue weighted by Crippen LogP contribution is -2.48. The lowest BCUT2D eigenvalue weighted by Gasteiger charge is -2.27. The molecule has 0 bridgehead atoms. The maximum absolute atomic E-state index is 12.2. The molecule has 0 saturated heterocycles. The molecule has 146 valence electrons. The summed E-state index contributed by atoms with van der Waals surface area (Å²) in [5, 5.41) is 2.87. The molecule has 1 aliphatic rings. The van der Waals surface area contributed by atoms with E-state index in [0.29, 0.717) is 22.6 Å². The predicted octanol–water partition coefficient (Wildman–Crippen LogP) is 0.983. The summed E-state index contributed by atoms with van der Waals surface area (Å²) in [7, 11) is -2.23. The molecule has 1 aliphatic heterocycles. The summed E-state index contributed by atoms with van der Waals surface area (Å²) < 4.78 is 34.8. The van der Waals surface area contributed by atoms with Gasteiger partial charge in [0.1, 0.15) is 12.4 Å². The average molecular weight is 393 g/mol. The number of carbonyl (C=O) groups excluding carboxylic acids is 1. The number of hydrogen-bond donors (Lipinski definition) is 3. The van der Waals surface area contributed by atoms with Crippen molar-refractivity contribution in [2.24, 2.45) is 15.1 Å². The van der Waals surface area contributed by atoms with E-state index in [1.54, 1.807) is 38.2 Å². The van der Waals surface area contributed by atoms with Gasteiger partial charge in [0, 0.05) is 18.8 Å². The number of nitrogens with zero attached hydrogens (tertiary/aromatic N) is 2. The number of amides is 1. The Morgan fingerprint density at radius 1 is 1.44 bits per heavy atom. The van der Waals surface area contributed by atoms with Gasteiger partial charge in [0.25, 0.3) is 0 Å². The molecule has 1 aromatic rings.